The fourth-order valence-corrected chi connectivity index (χ4v) is 3.49. The number of alkyl halides is 3. The first-order valence-corrected chi connectivity index (χ1v) is 9.01. The Balaban J connectivity index is 1.77. The molecule has 5 nitrogen and oxygen atoms in total. The van der Waals surface area contributed by atoms with E-state index in [-0.39, 0.29) is 29.8 Å². The number of rotatable bonds is 5. The Labute approximate surface area is 158 Å². The van der Waals surface area contributed by atoms with Crippen LogP contribution in [0.25, 0.3) is 0 Å². The van der Waals surface area contributed by atoms with Crippen LogP contribution < -0.4 is 0 Å². The van der Waals surface area contributed by atoms with Gasteiger partial charge in [-0.05, 0) is 30.0 Å². The van der Waals surface area contributed by atoms with Crippen LogP contribution in [0.4, 0.5) is 13.2 Å². The quantitative estimate of drug-likeness (QED) is 0.650. The third-order valence-corrected chi connectivity index (χ3v) is 5.31. The smallest absolute Gasteiger partial charge is 0.333 e. The summed E-state index contributed by atoms with van der Waals surface area (Å²) in [5, 5.41) is 9.58. The van der Waals surface area contributed by atoms with Gasteiger partial charge in [-0.15, -0.1) is 16.4 Å². The van der Waals surface area contributed by atoms with Crippen molar-refractivity contribution in [2.75, 3.05) is 7.05 Å². The Hall–Kier alpha value is -2.68. The molecule has 0 aliphatic rings. The second kappa shape index (κ2) is 7.51. The molecule has 0 spiro atoms. The van der Waals surface area contributed by atoms with Crippen LogP contribution in [-0.2, 0) is 12.7 Å². The van der Waals surface area contributed by atoms with Crippen molar-refractivity contribution < 1.29 is 18.0 Å². The summed E-state index contributed by atoms with van der Waals surface area (Å²) >= 11 is 1.54. The van der Waals surface area contributed by atoms with E-state index >= 15 is 0 Å². The Kier molecular flexibility index (Phi) is 5.31. The monoisotopic (exact) mass is 394 g/mol. The molecule has 1 amide bonds. The summed E-state index contributed by atoms with van der Waals surface area (Å²) in [6.45, 7) is 1.77. The van der Waals surface area contributed by atoms with Gasteiger partial charge in [-0.2, -0.15) is 13.2 Å². The van der Waals surface area contributed by atoms with Crippen LogP contribution in [0, 0.1) is 0 Å². The van der Waals surface area contributed by atoms with E-state index in [1.807, 2.05) is 24.4 Å². The average Bonchev–Trinajstić information content (AvgIpc) is 3.31. The topological polar surface area (TPSA) is 51.0 Å². The molecule has 27 heavy (non-hydrogen) atoms. The Morgan fingerprint density at radius 2 is 2.00 bits per heavy atom. The van der Waals surface area contributed by atoms with Gasteiger partial charge in [-0.1, -0.05) is 29.5 Å². The van der Waals surface area contributed by atoms with E-state index in [0.29, 0.717) is 0 Å². The fraction of sp³-hybridized carbons (Fsp3) is 0.278. The minimum atomic E-state index is -4.45. The van der Waals surface area contributed by atoms with Crippen molar-refractivity contribution in [3.63, 3.8) is 0 Å². The summed E-state index contributed by atoms with van der Waals surface area (Å²) < 4.78 is 40.6. The van der Waals surface area contributed by atoms with Crippen molar-refractivity contribution in [2.24, 2.45) is 0 Å². The molecule has 0 radical (unpaired) electrons. The molecule has 0 aliphatic carbocycles. The zero-order valence-corrected chi connectivity index (χ0v) is 15.5. The molecular weight excluding hydrogens is 377 g/mol. The van der Waals surface area contributed by atoms with Gasteiger partial charge in [-0.3, -0.25) is 4.79 Å². The predicted molar refractivity (Wildman–Crippen MR) is 95.4 cm³/mol. The SMILES string of the molecule is C[C@H](c1cccs1)N(C)C(=O)c1cn(Cc2ccccc2C(F)(F)F)nn1. The number of carbonyl (C=O) groups excluding carboxylic acids is 1. The highest BCUT2D eigenvalue weighted by Gasteiger charge is 2.33. The first-order chi connectivity index (χ1) is 12.8. The van der Waals surface area contributed by atoms with Gasteiger partial charge in [0.2, 0.25) is 0 Å². The minimum Gasteiger partial charge on any atom is -0.333 e. The molecule has 0 aliphatic heterocycles. The van der Waals surface area contributed by atoms with Crippen molar-refractivity contribution in [3.8, 4) is 0 Å². The summed E-state index contributed by atoms with van der Waals surface area (Å²) in [7, 11) is 1.66. The van der Waals surface area contributed by atoms with Crippen molar-refractivity contribution >= 4 is 17.2 Å². The van der Waals surface area contributed by atoms with Gasteiger partial charge in [0.25, 0.3) is 5.91 Å². The molecule has 1 aromatic carbocycles. The van der Waals surface area contributed by atoms with Crippen molar-refractivity contribution in [3.05, 3.63) is 69.7 Å². The number of nitrogens with zero attached hydrogens (tertiary/aromatic N) is 4. The predicted octanol–water partition coefficient (Wildman–Crippen LogP) is 4.24. The number of hydrogen-bond donors (Lipinski definition) is 0. The van der Waals surface area contributed by atoms with Crippen molar-refractivity contribution in [1.29, 1.82) is 0 Å². The number of amides is 1. The maximum atomic E-state index is 13.1. The van der Waals surface area contributed by atoms with Gasteiger partial charge in [0.05, 0.1) is 24.3 Å². The van der Waals surface area contributed by atoms with E-state index in [1.165, 1.54) is 34.0 Å². The van der Waals surface area contributed by atoms with Gasteiger partial charge >= 0.3 is 6.18 Å². The van der Waals surface area contributed by atoms with E-state index in [4.69, 9.17) is 0 Å². The molecular formula is C18H17F3N4OS. The molecule has 3 rings (SSSR count). The number of hydrogen-bond acceptors (Lipinski definition) is 4. The highest BCUT2D eigenvalue weighted by molar-refractivity contribution is 7.10. The molecule has 0 fully saturated rings. The third-order valence-electron chi connectivity index (χ3n) is 4.27. The lowest BCUT2D eigenvalue weighted by Gasteiger charge is -2.22. The molecule has 0 saturated carbocycles. The van der Waals surface area contributed by atoms with Crippen LogP contribution in [0.2, 0.25) is 0 Å². The molecule has 3 aromatic rings. The molecule has 0 N–H and O–H groups in total. The molecule has 0 unspecified atom stereocenters. The first kappa shape index (κ1) is 19.1. The van der Waals surface area contributed by atoms with Gasteiger partial charge < -0.3 is 4.90 Å². The van der Waals surface area contributed by atoms with Crippen LogP contribution in [0.5, 0.6) is 0 Å². The number of aromatic nitrogens is 3. The summed E-state index contributed by atoms with van der Waals surface area (Å²) in [6.07, 6.45) is -3.08. The summed E-state index contributed by atoms with van der Waals surface area (Å²) in [4.78, 5) is 15.2. The number of halogens is 3. The van der Waals surface area contributed by atoms with Gasteiger partial charge in [0, 0.05) is 11.9 Å². The summed E-state index contributed by atoms with van der Waals surface area (Å²) in [6, 6.07) is 8.97. The lowest BCUT2D eigenvalue weighted by atomic mass is 10.1. The molecule has 2 aromatic heterocycles. The van der Waals surface area contributed by atoms with E-state index in [2.05, 4.69) is 10.3 Å². The van der Waals surface area contributed by atoms with E-state index in [9.17, 15) is 18.0 Å². The summed E-state index contributed by atoms with van der Waals surface area (Å²) in [5.41, 5.74) is -0.573. The lowest BCUT2D eigenvalue weighted by Crippen LogP contribution is -2.29. The Morgan fingerprint density at radius 1 is 1.26 bits per heavy atom. The molecule has 0 saturated heterocycles. The minimum absolute atomic E-state index is 0.0641. The molecule has 9 heteroatoms. The zero-order valence-electron chi connectivity index (χ0n) is 14.6. The Morgan fingerprint density at radius 3 is 2.67 bits per heavy atom. The maximum Gasteiger partial charge on any atom is 0.416 e. The standard InChI is InChI=1S/C18H17F3N4OS/c1-12(16-8-5-9-27-16)24(2)17(26)15-11-25(23-22-15)10-13-6-3-4-7-14(13)18(19,20)21/h3-9,11-12H,10H2,1-2H3/t12-/m1/s1. The average molecular weight is 394 g/mol. The van der Waals surface area contributed by atoms with E-state index < -0.39 is 11.7 Å². The third kappa shape index (κ3) is 4.19. The normalized spacial score (nSPS) is 12.8. The number of benzene rings is 1. The highest BCUT2D eigenvalue weighted by Crippen LogP contribution is 2.32. The fourth-order valence-electron chi connectivity index (χ4n) is 2.66. The van der Waals surface area contributed by atoms with Crippen LogP contribution in [0.15, 0.2) is 48.0 Å². The van der Waals surface area contributed by atoms with E-state index in [0.717, 1.165) is 10.9 Å². The second-order valence-corrected chi connectivity index (χ2v) is 7.04. The van der Waals surface area contributed by atoms with E-state index in [1.54, 1.807) is 18.4 Å². The van der Waals surface area contributed by atoms with Crippen LogP contribution in [-0.4, -0.2) is 32.8 Å². The van der Waals surface area contributed by atoms with Gasteiger partial charge in [0.15, 0.2) is 5.69 Å². The van der Waals surface area contributed by atoms with Crippen molar-refractivity contribution in [2.45, 2.75) is 25.7 Å². The largest absolute Gasteiger partial charge is 0.416 e. The summed E-state index contributed by atoms with van der Waals surface area (Å²) in [5.74, 6) is -0.341. The molecule has 142 valence electrons. The highest BCUT2D eigenvalue weighted by atomic mass is 32.1. The van der Waals surface area contributed by atoms with Crippen LogP contribution >= 0.6 is 11.3 Å². The van der Waals surface area contributed by atoms with Crippen LogP contribution in [0.1, 0.15) is 39.5 Å². The van der Waals surface area contributed by atoms with Crippen molar-refractivity contribution in [1.82, 2.24) is 19.9 Å². The Bertz CT molecular complexity index is 921. The first-order valence-electron chi connectivity index (χ1n) is 8.13. The molecule has 0 bridgehead atoms. The number of carbonyl (C=O) groups is 1. The molecule has 2 heterocycles. The second-order valence-electron chi connectivity index (χ2n) is 6.06. The van der Waals surface area contributed by atoms with Gasteiger partial charge in [0.1, 0.15) is 0 Å². The molecule has 1 atom stereocenters. The number of thiophene rings is 1. The zero-order chi connectivity index (χ0) is 19.6. The van der Waals surface area contributed by atoms with Gasteiger partial charge in [-0.25, -0.2) is 4.68 Å². The maximum absolute atomic E-state index is 13.1. The lowest BCUT2D eigenvalue weighted by molar-refractivity contribution is -0.138. The van der Waals surface area contributed by atoms with Crippen LogP contribution in [0.3, 0.4) is 0 Å².